The Balaban J connectivity index is 1.65. The molecule has 3 aliphatic heterocycles. The second kappa shape index (κ2) is 4.60. The highest BCUT2D eigenvalue weighted by Crippen LogP contribution is 2.36. The van der Waals surface area contributed by atoms with Gasteiger partial charge in [-0.25, -0.2) is 0 Å². The Kier molecular flexibility index (Phi) is 3.12. The zero-order valence-electron chi connectivity index (χ0n) is 10.9. The van der Waals surface area contributed by atoms with E-state index < -0.39 is 0 Å². The van der Waals surface area contributed by atoms with E-state index in [4.69, 9.17) is 0 Å². The lowest BCUT2D eigenvalue weighted by Gasteiger charge is -2.47. The van der Waals surface area contributed by atoms with Crippen molar-refractivity contribution in [3.8, 4) is 0 Å². The minimum Gasteiger partial charge on any atom is -0.339 e. The summed E-state index contributed by atoms with van der Waals surface area (Å²) in [5.74, 6) is 1.56. The van der Waals surface area contributed by atoms with E-state index in [1.807, 2.05) is 0 Å². The van der Waals surface area contributed by atoms with Crippen molar-refractivity contribution in [1.29, 1.82) is 0 Å². The molecule has 3 nitrogen and oxygen atoms in total. The highest BCUT2D eigenvalue weighted by Gasteiger charge is 2.39. The molecule has 17 heavy (non-hydrogen) atoms. The van der Waals surface area contributed by atoms with E-state index in [1.54, 1.807) is 0 Å². The van der Waals surface area contributed by atoms with Crippen LogP contribution in [-0.2, 0) is 4.79 Å². The van der Waals surface area contributed by atoms with Crippen molar-refractivity contribution >= 4 is 5.91 Å². The number of likely N-dealkylation sites (tertiary alicyclic amines) is 1. The fraction of sp³-hybridized carbons (Fsp3) is 0.929. The highest BCUT2D eigenvalue weighted by atomic mass is 16.2. The van der Waals surface area contributed by atoms with Crippen molar-refractivity contribution < 1.29 is 4.79 Å². The molecule has 0 unspecified atom stereocenters. The first-order chi connectivity index (χ1) is 8.24. The zero-order chi connectivity index (χ0) is 11.8. The molecule has 4 rings (SSSR count). The average Bonchev–Trinajstić information content (AvgIpc) is 2.39. The number of piperidine rings is 3. The number of carbonyl (C=O) groups excluding carboxylic acids is 1. The Labute approximate surface area is 104 Å². The average molecular weight is 236 g/mol. The van der Waals surface area contributed by atoms with Gasteiger partial charge in [0.2, 0.25) is 5.91 Å². The van der Waals surface area contributed by atoms with Gasteiger partial charge in [-0.15, -0.1) is 0 Å². The van der Waals surface area contributed by atoms with E-state index in [-0.39, 0.29) is 5.92 Å². The molecule has 1 saturated carbocycles. The third kappa shape index (κ3) is 2.22. The smallest absolute Gasteiger partial charge is 0.227 e. The maximum absolute atomic E-state index is 12.6. The Hall–Kier alpha value is -0.570. The summed E-state index contributed by atoms with van der Waals surface area (Å²) in [6.45, 7) is 3.20. The van der Waals surface area contributed by atoms with Gasteiger partial charge in [0.1, 0.15) is 0 Å². The van der Waals surface area contributed by atoms with Gasteiger partial charge < -0.3 is 9.80 Å². The maximum Gasteiger partial charge on any atom is 0.227 e. The molecule has 0 aromatic carbocycles. The summed E-state index contributed by atoms with van der Waals surface area (Å²) in [5.41, 5.74) is 0. The zero-order valence-corrected chi connectivity index (χ0v) is 10.9. The lowest BCUT2D eigenvalue weighted by Crippen LogP contribution is -2.54. The van der Waals surface area contributed by atoms with Crippen LogP contribution in [0.5, 0.6) is 0 Å². The SMILES string of the molecule is CN1CCC[C@@H](C(=O)N2CC3CCC2CC3)C1. The van der Waals surface area contributed by atoms with Gasteiger partial charge in [-0.1, -0.05) is 0 Å². The number of amides is 1. The number of nitrogens with zero attached hydrogens (tertiary/aromatic N) is 2. The molecule has 0 spiro atoms. The van der Waals surface area contributed by atoms with Gasteiger partial charge in [0, 0.05) is 19.1 Å². The Morgan fingerprint density at radius 2 is 1.82 bits per heavy atom. The van der Waals surface area contributed by atoms with Crippen LogP contribution in [0.3, 0.4) is 0 Å². The molecule has 3 heteroatoms. The standard InChI is InChI=1S/C14H24N2O/c1-15-8-2-3-12(10-15)14(17)16-9-11-4-6-13(16)7-5-11/h11-13H,2-10H2,1H3/t11?,12-,13?/m1/s1. The van der Waals surface area contributed by atoms with Gasteiger partial charge in [-0.3, -0.25) is 4.79 Å². The first kappa shape index (κ1) is 11.5. The van der Waals surface area contributed by atoms with Crippen molar-refractivity contribution in [2.45, 2.75) is 44.6 Å². The van der Waals surface area contributed by atoms with Crippen LogP contribution in [0.15, 0.2) is 0 Å². The summed E-state index contributed by atoms with van der Waals surface area (Å²) in [6.07, 6.45) is 7.54. The second-order valence-electron chi connectivity index (χ2n) is 6.27. The van der Waals surface area contributed by atoms with Crippen LogP contribution in [0.25, 0.3) is 0 Å². The Morgan fingerprint density at radius 3 is 2.41 bits per heavy atom. The monoisotopic (exact) mass is 236 g/mol. The fourth-order valence-electron chi connectivity index (χ4n) is 3.94. The highest BCUT2D eigenvalue weighted by molar-refractivity contribution is 5.79. The van der Waals surface area contributed by atoms with Gasteiger partial charge in [0.25, 0.3) is 0 Å². The molecule has 0 N–H and O–H groups in total. The third-order valence-corrected chi connectivity index (χ3v) is 4.97. The van der Waals surface area contributed by atoms with E-state index >= 15 is 0 Å². The number of rotatable bonds is 1. The van der Waals surface area contributed by atoms with Crippen LogP contribution in [0.1, 0.15) is 38.5 Å². The van der Waals surface area contributed by atoms with Crippen LogP contribution >= 0.6 is 0 Å². The first-order valence-electron chi connectivity index (χ1n) is 7.23. The molecule has 4 fully saturated rings. The van der Waals surface area contributed by atoms with E-state index in [0.29, 0.717) is 11.9 Å². The van der Waals surface area contributed by atoms with Gasteiger partial charge in [-0.2, -0.15) is 0 Å². The molecule has 0 aromatic rings. The molecule has 3 saturated heterocycles. The molecule has 4 aliphatic rings. The van der Waals surface area contributed by atoms with Crippen LogP contribution in [-0.4, -0.2) is 48.4 Å². The summed E-state index contributed by atoms with van der Waals surface area (Å²) in [6, 6.07) is 0.583. The Bertz CT molecular complexity index is 297. The van der Waals surface area contributed by atoms with Gasteiger partial charge in [0.15, 0.2) is 0 Å². The second-order valence-corrected chi connectivity index (χ2v) is 6.27. The topological polar surface area (TPSA) is 23.6 Å². The van der Waals surface area contributed by atoms with Gasteiger partial charge >= 0.3 is 0 Å². The summed E-state index contributed by atoms with van der Waals surface area (Å²) in [7, 11) is 2.14. The van der Waals surface area contributed by atoms with Crippen molar-refractivity contribution in [3.05, 3.63) is 0 Å². The molecule has 96 valence electrons. The van der Waals surface area contributed by atoms with Crippen LogP contribution < -0.4 is 0 Å². The molecule has 1 atom stereocenters. The fourth-order valence-corrected chi connectivity index (χ4v) is 3.94. The molecule has 1 amide bonds. The summed E-state index contributed by atoms with van der Waals surface area (Å²) in [4.78, 5) is 17.1. The van der Waals surface area contributed by atoms with Gasteiger partial charge in [0.05, 0.1) is 5.92 Å². The van der Waals surface area contributed by atoms with Crippen LogP contribution in [0.4, 0.5) is 0 Å². The van der Waals surface area contributed by atoms with Crippen molar-refractivity contribution in [3.63, 3.8) is 0 Å². The molecule has 3 heterocycles. The molecule has 2 bridgehead atoms. The predicted molar refractivity (Wildman–Crippen MR) is 67.7 cm³/mol. The van der Waals surface area contributed by atoms with Gasteiger partial charge in [-0.05, 0) is 58.0 Å². The van der Waals surface area contributed by atoms with Crippen LogP contribution in [0.2, 0.25) is 0 Å². The van der Waals surface area contributed by atoms with Crippen molar-refractivity contribution in [1.82, 2.24) is 9.80 Å². The lowest BCUT2D eigenvalue weighted by atomic mass is 9.79. The normalized spacial score (nSPS) is 38.4. The Morgan fingerprint density at radius 1 is 1.06 bits per heavy atom. The lowest BCUT2D eigenvalue weighted by molar-refractivity contribution is -0.144. The van der Waals surface area contributed by atoms with E-state index in [2.05, 4.69) is 16.8 Å². The number of carbonyl (C=O) groups is 1. The van der Waals surface area contributed by atoms with Crippen molar-refractivity contribution in [2.24, 2.45) is 11.8 Å². The molecule has 1 aliphatic carbocycles. The minimum atomic E-state index is 0.285. The van der Waals surface area contributed by atoms with Crippen molar-refractivity contribution in [2.75, 3.05) is 26.7 Å². The van der Waals surface area contributed by atoms with E-state index in [1.165, 1.54) is 32.1 Å². The van der Waals surface area contributed by atoms with E-state index in [0.717, 1.165) is 32.0 Å². The largest absolute Gasteiger partial charge is 0.339 e. The predicted octanol–water partition coefficient (Wildman–Crippen LogP) is 1.73. The summed E-state index contributed by atoms with van der Waals surface area (Å²) >= 11 is 0. The van der Waals surface area contributed by atoms with E-state index in [9.17, 15) is 4.79 Å². The molecule has 0 radical (unpaired) electrons. The quantitative estimate of drug-likeness (QED) is 0.692. The summed E-state index contributed by atoms with van der Waals surface area (Å²) in [5, 5.41) is 0. The number of hydrogen-bond acceptors (Lipinski definition) is 2. The molecular formula is C14H24N2O. The summed E-state index contributed by atoms with van der Waals surface area (Å²) < 4.78 is 0. The third-order valence-electron chi connectivity index (χ3n) is 4.97. The molecular weight excluding hydrogens is 212 g/mol. The first-order valence-corrected chi connectivity index (χ1v) is 7.23. The van der Waals surface area contributed by atoms with Crippen LogP contribution in [0, 0.1) is 11.8 Å². The maximum atomic E-state index is 12.6. The minimum absolute atomic E-state index is 0.285. The number of fused-ring (bicyclic) bond motifs is 3. The number of hydrogen-bond donors (Lipinski definition) is 0. The molecule has 0 aromatic heterocycles.